The number of hydrazone groups is 1. The molecule has 1 aliphatic heterocycles. The lowest BCUT2D eigenvalue weighted by molar-refractivity contribution is -0.394. The zero-order valence-electron chi connectivity index (χ0n) is 14.9. The summed E-state index contributed by atoms with van der Waals surface area (Å²) in [7, 11) is 0. The average Bonchev–Trinajstić information content (AvgIpc) is 2.66. The standard InChI is InChI=1S/C16H14N6O7/c1-8-2-3-13(14-17-7-12(16(24)25)15(23)20(8)14)19-18-9-4-10(21(26)27)6-11(5-9)22(28)29/h4-8,18H,2-3H2,1H3,(H,24,25). The summed E-state index contributed by atoms with van der Waals surface area (Å²) < 4.78 is 1.23. The van der Waals surface area contributed by atoms with E-state index in [9.17, 15) is 29.8 Å². The first-order chi connectivity index (χ1) is 13.7. The van der Waals surface area contributed by atoms with Gasteiger partial charge in [0.1, 0.15) is 11.3 Å². The number of rotatable bonds is 5. The van der Waals surface area contributed by atoms with Crippen molar-refractivity contribution in [3.63, 3.8) is 0 Å². The summed E-state index contributed by atoms with van der Waals surface area (Å²) in [4.78, 5) is 48.1. The van der Waals surface area contributed by atoms with Crippen LogP contribution >= 0.6 is 0 Å². The molecular formula is C16H14N6O7. The maximum absolute atomic E-state index is 12.4. The fraction of sp³-hybridized carbons (Fsp3) is 0.250. The van der Waals surface area contributed by atoms with Gasteiger partial charge in [-0.15, -0.1) is 0 Å². The molecule has 0 radical (unpaired) electrons. The van der Waals surface area contributed by atoms with Crippen LogP contribution < -0.4 is 11.0 Å². The van der Waals surface area contributed by atoms with E-state index in [1.54, 1.807) is 6.92 Å². The predicted molar refractivity (Wildman–Crippen MR) is 99.3 cm³/mol. The Hall–Kier alpha value is -4.16. The number of non-ortho nitro benzene ring substituents is 2. The highest BCUT2D eigenvalue weighted by atomic mass is 16.6. The summed E-state index contributed by atoms with van der Waals surface area (Å²) in [5.41, 5.74) is 0.689. The molecule has 2 N–H and O–H groups in total. The number of hydrogen-bond donors (Lipinski definition) is 2. The summed E-state index contributed by atoms with van der Waals surface area (Å²) in [6.45, 7) is 1.74. The van der Waals surface area contributed by atoms with E-state index in [-0.39, 0.29) is 17.6 Å². The smallest absolute Gasteiger partial charge is 0.342 e. The molecule has 2 aromatic rings. The van der Waals surface area contributed by atoms with E-state index in [1.807, 2.05) is 0 Å². The highest BCUT2D eigenvalue weighted by molar-refractivity contribution is 5.99. The minimum absolute atomic E-state index is 0.00748. The maximum atomic E-state index is 12.4. The van der Waals surface area contributed by atoms with Crippen molar-refractivity contribution < 1.29 is 19.7 Å². The number of nitro benzene ring substituents is 2. The number of carboxylic acid groups (broad SMARTS) is 1. The summed E-state index contributed by atoms with van der Waals surface area (Å²) in [6, 6.07) is 2.68. The molecular weight excluding hydrogens is 388 g/mol. The minimum atomic E-state index is -1.39. The van der Waals surface area contributed by atoms with Crippen LogP contribution in [0.25, 0.3) is 0 Å². The van der Waals surface area contributed by atoms with Crippen molar-refractivity contribution in [1.82, 2.24) is 9.55 Å². The molecule has 1 atom stereocenters. The van der Waals surface area contributed by atoms with Gasteiger partial charge in [0.05, 0.1) is 21.6 Å². The molecule has 1 aromatic heterocycles. The van der Waals surface area contributed by atoms with Gasteiger partial charge < -0.3 is 5.11 Å². The van der Waals surface area contributed by atoms with Gasteiger partial charge >= 0.3 is 5.97 Å². The number of fused-ring (bicyclic) bond motifs is 1. The van der Waals surface area contributed by atoms with E-state index in [0.29, 0.717) is 18.6 Å². The van der Waals surface area contributed by atoms with Crippen molar-refractivity contribution in [2.75, 3.05) is 5.43 Å². The summed E-state index contributed by atoms with van der Waals surface area (Å²) >= 11 is 0. The number of carboxylic acids is 1. The molecule has 0 spiro atoms. The minimum Gasteiger partial charge on any atom is -0.477 e. The van der Waals surface area contributed by atoms with Gasteiger partial charge in [0, 0.05) is 24.4 Å². The Morgan fingerprint density at radius 3 is 2.45 bits per heavy atom. The first-order valence-corrected chi connectivity index (χ1v) is 8.30. The van der Waals surface area contributed by atoms with Gasteiger partial charge in [-0.1, -0.05) is 0 Å². The van der Waals surface area contributed by atoms with Crippen LogP contribution in [0.15, 0.2) is 34.3 Å². The van der Waals surface area contributed by atoms with Crippen LogP contribution in [0.3, 0.4) is 0 Å². The number of aromatic carboxylic acids is 1. The van der Waals surface area contributed by atoms with Crippen LogP contribution in [-0.2, 0) is 0 Å². The Labute approximate surface area is 161 Å². The SMILES string of the molecule is CC1CCC(=NNc2cc([N+](=O)[O-])cc([N+](=O)[O-])c2)c2ncc(C(=O)O)c(=O)n21. The van der Waals surface area contributed by atoms with Crippen LogP contribution in [0.1, 0.15) is 42.0 Å². The van der Waals surface area contributed by atoms with Gasteiger partial charge in [0.2, 0.25) is 0 Å². The third-order valence-electron chi connectivity index (χ3n) is 4.37. The molecule has 1 aliphatic rings. The highest BCUT2D eigenvalue weighted by Crippen LogP contribution is 2.27. The largest absolute Gasteiger partial charge is 0.477 e. The van der Waals surface area contributed by atoms with Gasteiger partial charge in [0.15, 0.2) is 5.82 Å². The Kier molecular flexibility index (Phi) is 5.04. The lowest BCUT2D eigenvalue weighted by Gasteiger charge is -2.25. The highest BCUT2D eigenvalue weighted by Gasteiger charge is 2.26. The van der Waals surface area contributed by atoms with Gasteiger partial charge in [-0.05, 0) is 19.8 Å². The fourth-order valence-electron chi connectivity index (χ4n) is 2.93. The average molecular weight is 402 g/mol. The first-order valence-electron chi connectivity index (χ1n) is 8.30. The number of nitrogens with zero attached hydrogens (tertiary/aromatic N) is 5. The Morgan fingerprint density at radius 1 is 1.28 bits per heavy atom. The molecule has 13 nitrogen and oxygen atoms in total. The zero-order chi connectivity index (χ0) is 21.3. The number of hydrogen-bond acceptors (Lipinski definition) is 9. The van der Waals surface area contributed by atoms with Crippen LogP contribution in [0.5, 0.6) is 0 Å². The van der Waals surface area contributed by atoms with Gasteiger partial charge in [-0.3, -0.25) is 35.0 Å². The van der Waals surface area contributed by atoms with Crippen LogP contribution in [-0.4, -0.2) is 36.2 Å². The van der Waals surface area contributed by atoms with E-state index in [4.69, 9.17) is 5.11 Å². The van der Waals surface area contributed by atoms with Crippen molar-refractivity contribution in [2.45, 2.75) is 25.8 Å². The quantitative estimate of drug-likeness (QED) is 0.557. The van der Waals surface area contributed by atoms with Crippen LogP contribution in [0.2, 0.25) is 0 Å². The van der Waals surface area contributed by atoms with Crippen molar-refractivity contribution >= 4 is 28.7 Å². The molecule has 0 bridgehead atoms. The molecule has 1 unspecified atom stereocenters. The molecule has 1 aromatic carbocycles. The molecule has 150 valence electrons. The van der Waals surface area contributed by atoms with Gasteiger partial charge in [-0.2, -0.15) is 5.10 Å². The molecule has 13 heteroatoms. The second-order valence-electron chi connectivity index (χ2n) is 6.29. The first kappa shape index (κ1) is 19.6. The van der Waals surface area contributed by atoms with E-state index in [2.05, 4.69) is 15.5 Å². The second kappa shape index (κ2) is 7.46. The molecule has 0 fully saturated rings. The monoisotopic (exact) mass is 402 g/mol. The van der Waals surface area contributed by atoms with Crippen LogP contribution in [0, 0.1) is 20.2 Å². The number of aromatic nitrogens is 2. The lowest BCUT2D eigenvalue weighted by atomic mass is 10.0. The summed E-state index contributed by atoms with van der Waals surface area (Å²) in [5, 5.41) is 35.2. The molecule has 3 rings (SSSR count). The zero-order valence-corrected chi connectivity index (χ0v) is 14.9. The molecule has 0 aliphatic carbocycles. The predicted octanol–water partition coefficient (Wildman–Crippen LogP) is 1.93. The van der Waals surface area contributed by atoms with E-state index >= 15 is 0 Å². The van der Waals surface area contributed by atoms with Crippen molar-refractivity contribution in [3.05, 3.63) is 66.4 Å². The number of benzene rings is 1. The molecule has 29 heavy (non-hydrogen) atoms. The second-order valence-corrected chi connectivity index (χ2v) is 6.29. The van der Waals surface area contributed by atoms with Gasteiger partial charge in [-0.25, -0.2) is 9.78 Å². The topological polar surface area (TPSA) is 183 Å². The Morgan fingerprint density at radius 2 is 1.90 bits per heavy atom. The number of nitrogens with one attached hydrogen (secondary N) is 1. The lowest BCUT2D eigenvalue weighted by Crippen LogP contribution is -2.37. The van der Waals surface area contributed by atoms with E-state index in [1.165, 1.54) is 4.57 Å². The maximum Gasteiger partial charge on any atom is 0.342 e. The Balaban J connectivity index is 2.02. The molecule has 0 amide bonds. The van der Waals surface area contributed by atoms with E-state index < -0.39 is 38.3 Å². The third kappa shape index (κ3) is 3.78. The van der Waals surface area contributed by atoms with Crippen molar-refractivity contribution in [2.24, 2.45) is 5.10 Å². The number of carbonyl (C=O) groups is 1. The number of nitro groups is 2. The summed E-state index contributed by atoms with van der Waals surface area (Å²) in [6.07, 6.45) is 1.82. The van der Waals surface area contributed by atoms with Crippen molar-refractivity contribution in [3.8, 4) is 0 Å². The van der Waals surface area contributed by atoms with Crippen LogP contribution in [0.4, 0.5) is 17.1 Å². The normalized spacial score (nSPS) is 16.9. The van der Waals surface area contributed by atoms with Gasteiger partial charge in [0.25, 0.3) is 16.9 Å². The molecule has 2 heterocycles. The summed E-state index contributed by atoms with van der Waals surface area (Å²) in [5.74, 6) is -1.23. The Bertz CT molecular complexity index is 1090. The number of anilines is 1. The fourth-order valence-corrected chi connectivity index (χ4v) is 2.93. The van der Waals surface area contributed by atoms with E-state index in [0.717, 1.165) is 24.4 Å². The third-order valence-corrected chi connectivity index (χ3v) is 4.37. The molecule has 0 saturated carbocycles. The molecule has 0 saturated heterocycles. The van der Waals surface area contributed by atoms with Crippen molar-refractivity contribution in [1.29, 1.82) is 0 Å².